The van der Waals surface area contributed by atoms with Crippen molar-refractivity contribution in [2.45, 2.75) is 46.3 Å². The molecule has 5 nitrogen and oxygen atoms in total. The molecular formula is C16H23NO4. The quantitative estimate of drug-likeness (QED) is 0.785. The molecule has 0 bridgehead atoms. The van der Waals surface area contributed by atoms with Crippen molar-refractivity contribution < 1.29 is 19.1 Å². The highest BCUT2D eigenvalue weighted by Gasteiger charge is 2.11. The van der Waals surface area contributed by atoms with Gasteiger partial charge < -0.3 is 14.8 Å². The molecule has 0 aliphatic carbocycles. The first-order valence-electron chi connectivity index (χ1n) is 7.15. The molecule has 0 aliphatic rings. The highest BCUT2D eigenvalue weighted by molar-refractivity contribution is 5.91. The average Bonchev–Trinajstić information content (AvgIpc) is 2.44. The van der Waals surface area contributed by atoms with Gasteiger partial charge in [0.05, 0.1) is 11.7 Å². The number of rotatable bonds is 7. The van der Waals surface area contributed by atoms with E-state index in [0.29, 0.717) is 11.3 Å². The molecule has 0 saturated carbocycles. The lowest BCUT2D eigenvalue weighted by Crippen LogP contribution is -2.35. The van der Waals surface area contributed by atoms with Crippen molar-refractivity contribution >= 4 is 11.9 Å². The van der Waals surface area contributed by atoms with Crippen molar-refractivity contribution in [2.24, 2.45) is 0 Å². The van der Waals surface area contributed by atoms with E-state index in [9.17, 15) is 9.59 Å². The van der Waals surface area contributed by atoms with Gasteiger partial charge in [-0.1, -0.05) is 6.92 Å². The van der Waals surface area contributed by atoms with Crippen molar-refractivity contribution in [3.05, 3.63) is 29.8 Å². The Morgan fingerprint density at radius 3 is 2.29 bits per heavy atom. The van der Waals surface area contributed by atoms with E-state index in [1.165, 1.54) is 0 Å². The summed E-state index contributed by atoms with van der Waals surface area (Å²) >= 11 is 0. The maximum Gasteiger partial charge on any atom is 0.338 e. The Kier molecular flexibility index (Phi) is 6.72. The summed E-state index contributed by atoms with van der Waals surface area (Å²) in [5.74, 6) is -0.126. The molecule has 1 rings (SSSR count). The Hall–Kier alpha value is -2.04. The Labute approximate surface area is 125 Å². The third-order valence-corrected chi connectivity index (χ3v) is 2.82. The minimum Gasteiger partial charge on any atom is -0.491 e. The van der Waals surface area contributed by atoms with Crippen molar-refractivity contribution in [3.63, 3.8) is 0 Å². The summed E-state index contributed by atoms with van der Waals surface area (Å²) in [6.45, 7) is 7.45. The van der Waals surface area contributed by atoms with Crippen LogP contribution in [0.2, 0.25) is 0 Å². The molecule has 1 amide bonds. The molecule has 0 saturated heterocycles. The largest absolute Gasteiger partial charge is 0.491 e. The van der Waals surface area contributed by atoms with Crippen LogP contribution >= 0.6 is 0 Å². The van der Waals surface area contributed by atoms with Crippen LogP contribution in [0, 0.1) is 0 Å². The maximum atomic E-state index is 11.8. The Balaban J connectivity index is 2.46. The monoisotopic (exact) mass is 293 g/mol. The number of esters is 1. The van der Waals surface area contributed by atoms with E-state index in [-0.39, 0.29) is 24.7 Å². The molecule has 5 heteroatoms. The molecule has 1 aromatic carbocycles. The number of hydrogen-bond acceptors (Lipinski definition) is 4. The summed E-state index contributed by atoms with van der Waals surface area (Å²) in [7, 11) is 0. The molecule has 0 aromatic heterocycles. The zero-order chi connectivity index (χ0) is 15.8. The standard InChI is InChI=1S/C16H23NO4/c1-5-12(4)17-15(18)10-20-16(19)13-6-8-14(9-7-13)21-11(2)3/h6-9,11-12H,5,10H2,1-4H3,(H,17,18)/t12-/m1/s1. The lowest BCUT2D eigenvalue weighted by atomic mass is 10.2. The fourth-order valence-electron chi connectivity index (χ4n) is 1.57. The summed E-state index contributed by atoms with van der Waals surface area (Å²) < 4.78 is 10.5. The van der Waals surface area contributed by atoms with Crippen molar-refractivity contribution in [1.29, 1.82) is 0 Å². The number of amides is 1. The van der Waals surface area contributed by atoms with E-state index in [1.54, 1.807) is 24.3 Å². The Bertz CT molecular complexity index is 468. The third kappa shape index (κ3) is 6.29. The molecule has 116 valence electrons. The van der Waals surface area contributed by atoms with Gasteiger partial charge in [-0.2, -0.15) is 0 Å². The van der Waals surface area contributed by atoms with Gasteiger partial charge in [0.15, 0.2) is 6.61 Å². The number of carbonyl (C=O) groups is 2. The van der Waals surface area contributed by atoms with E-state index in [4.69, 9.17) is 9.47 Å². The van der Waals surface area contributed by atoms with Gasteiger partial charge in [-0.25, -0.2) is 4.79 Å². The van der Waals surface area contributed by atoms with Gasteiger partial charge in [0.1, 0.15) is 5.75 Å². The van der Waals surface area contributed by atoms with Gasteiger partial charge in [0, 0.05) is 6.04 Å². The van der Waals surface area contributed by atoms with Gasteiger partial charge in [-0.05, 0) is 51.5 Å². The van der Waals surface area contributed by atoms with Gasteiger partial charge >= 0.3 is 5.97 Å². The second-order valence-corrected chi connectivity index (χ2v) is 5.14. The van der Waals surface area contributed by atoms with Crippen LogP contribution in [-0.4, -0.2) is 30.6 Å². The molecule has 1 atom stereocenters. The van der Waals surface area contributed by atoms with Crippen molar-refractivity contribution in [3.8, 4) is 5.75 Å². The topological polar surface area (TPSA) is 64.6 Å². The van der Waals surface area contributed by atoms with Crippen molar-refractivity contribution in [2.75, 3.05) is 6.61 Å². The second kappa shape index (κ2) is 8.29. The van der Waals surface area contributed by atoms with Crippen LogP contribution in [0.15, 0.2) is 24.3 Å². The predicted molar refractivity (Wildman–Crippen MR) is 80.4 cm³/mol. The summed E-state index contributed by atoms with van der Waals surface area (Å²) in [6, 6.07) is 6.72. The van der Waals surface area contributed by atoms with Crippen LogP contribution in [-0.2, 0) is 9.53 Å². The molecule has 0 heterocycles. The van der Waals surface area contributed by atoms with E-state index < -0.39 is 5.97 Å². The average molecular weight is 293 g/mol. The third-order valence-electron chi connectivity index (χ3n) is 2.82. The molecule has 0 fully saturated rings. The van der Waals surface area contributed by atoms with E-state index >= 15 is 0 Å². The summed E-state index contributed by atoms with van der Waals surface area (Å²) in [5.41, 5.74) is 0.391. The normalized spacial score (nSPS) is 11.9. The number of hydrogen-bond donors (Lipinski definition) is 1. The minimum atomic E-state index is -0.523. The highest BCUT2D eigenvalue weighted by atomic mass is 16.5. The minimum absolute atomic E-state index is 0.0728. The fraction of sp³-hybridized carbons (Fsp3) is 0.500. The van der Waals surface area contributed by atoms with Crippen LogP contribution in [0.3, 0.4) is 0 Å². The van der Waals surface area contributed by atoms with Crippen LogP contribution < -0.4 is 10.1 Å². The van der Waals surface area contributed by atoms with Crippen molar-refractivity contribution in [1.82, 2.24) is 5.32 Å². The molecule has 0 radical (unpaired) electrons. The summed E-state index contributed by atoms with van der Waals surface area (Å²) in [5, 5.41) is 2.73. The summed E-state index contributed by atoms with van der Waals surface area (Å²) in [6.07, 6.45) is 0.906. The molecule has 1 N–H and O–H groups in total. The number of carbonyl (C=O) groups excluding carboxylic acids is 2. The second-order valence-electron chi connectivity index (χ2n) is 5.14. The SMILES string of the molecule is CC[C@@H](C)NC(=O)COC(=O)c1ccc(OC(C)C)cc1. The zero-order valence-electron chi connectivity index (χ0n) is 13.0. The molecule has 0 spiro atoms. The van der Waals surface area contributed by atoms with Crippen LogP contribution in [0.1, 0.15) is 44.5 Å². The Morgan fingerprint density at radius 1 is 1.14 bits per heavy atom. The van der Waals surface area contributed by atoms with E-state index in [1.807, 2.05) is 27.7 Å². The van der Waals surface area contributed by atoms with Crippen LogP contribution in [0.25, 0.3) is 0 Å². The first kappa shape index (κ1) is 17.0. The Morgan fingerprint density at radius 2 is 1.76 bits per heavy atom. The van der Waals surface area contributed by atoms with E-state index in [0.717, 1.165) is 6.42 Å². The molecule has 0 unspecified atom stereocenters. The van der Waals surface area contributed by atoms with Gasteiger partial charge in [0.25, 0.3) is 5.91 Å². The maximum absolute atomic E-state index is 11.8. The van der Waals surface area contributed by atoms with Gasteiger partial charge in [-0.15, -0.1) is 0 Å². The lowest BCUT2D eigenvalue weighted by molar-refractivity contribution is -0.124. The number of nitrogens with one attached hydrogen (secondary N) is 1. The van der Waals surface area contributed by atoms with Gasteiger partial charge in [0.2, 0.25) is 0 Å². The predicted octanol–water partition coefficient (Wildman–Crippen LogP) is 2.55. The molecule has 21 heavy (non-hydrogen) atoms. The zero-order valence-corrected chi connectivity index (χ0v) is 13.0. The number of benzene rings is 1. The smallest absolute Gasteiger partial charge is 0.338 e. The van der Waals surface area contributed by atoms with Crippen LogP contribution in [0.4, 0.5) is 0 Å². The summed E-state index contributed by atoms with van der Waals surface area (Å²) in [4.78, 5) is 23.3. The fourth-order valence-corrected chi connectivity index (χ4v) is 1.57. The molecular weight excluding hydrogens is 270 g/mol. The molecule has 1 aromatic rings. The highest BCUT2D eigenvalue weighted by Crippen LogP contribution is 2.14. The lowest BCUT2D eigenvalue weighted by Gasteiger charge is -2.12. The first-order valence-corrected chi connectivity index (χ1v) is 7.15. The van der Waals surface area contributed by atoms with Gasteiger partial charge in [-0.3, -0.25) is 4.79 Å². The first-order chi connectivity index (χ1) is 9.92. The van der Waals surface area contributed by atoms with E-state index in [2.05, 4.69) is 5.32 Å². The number of ether oxygens (including phenoxy) is 2. The molecule has 0 aliphatic heterocycles. The van der Waals surface area contributed by atoms with Crippen LogP contribution in [0.5, 0.6) is 5.75 Å².